The van der Waals surface area contributed by atoms with E-state index in [1.807, 2.05) is 0 Å². The van der Waals surface area contributed by atoms with Crippen LogP contribution in [-0.2, 0) is 9.59 Å². The molecule has 0 radical (unpaired) electrons. The lowest BCUT2D eigenvalue weighted by Crippen LogP contribution is -2.21. The highest BCUT2D eigenvalue weighted by Crippen LogP contribution is 2.14. The molecule has 2 rings (SSSR count). The average molecular weight is 387 g/mol. The zero-order chi connectivity index (χ0) is 19.8. The Hall–Kier alpha value is -3.19. The van der Waals surface area contributed by atoms with E-state index in [9.17, 15) is 14.4 Å². The van der Waals surface area contributed by atoms with Crippen molar-refractivity contribution >= 4 is 46.4 Å². The van der Waals surface area contributed by atoms with Gasteiger partial charge in [-0.25, -0.2) is 5.43 Å². The van der Waals surface area contributed by atoms with Crippen molar-refractivity contribution in [1.29, 1.82) is 0 Å². The number of rotatable bonds is 6. The van der Waals surface area contributed by atoms with E-state index in [-0.39, 0.29) is 18.2 Å². The fraction of sp³-hybridized carbons (Fsp3) is 0.158. The van der Waals surface area contributed by atoms with Gasteiger partial charge in [-0.15, -0.1) is 0 Å². The number of halogens is 1. The Kier molecular flexibility index (Phi) is 7.08. The average Bonchev–Trinajstić information content (AvgIpc) is 2.61. The summed E-state index contributed by atoms with van der Waals surface area (Å²) >= 11 is 5.84. The van der Waals surface area contributed by atoms with Crippen molar-refractivity contribution in [2.24, 2.45) is 5.10 Å². The molecule has 0 saturated heterocycles. The van der Waals surface area contributed by atoms with Crippen LogP contribution in [0.25, 0.3) is 0 Å². The van der Waals surface area contributed by atoms with Gasteiger partial charge in [0.05, 0.1) is 6.42 Å². The van der Waals surface area contributed by atoms with Crippen LogP contribution in [0.3, 0.4) is 0 Å². The highest BCUT2D eigenvalue weighted by atomic mass is 35.5. The summed E-state index contributed by atoms with van der Waals surface area (Å²) in [6.45, 7) is 3.06. The molecule has 2 aromatic carbocycles. The van der Waals surface area contributed by atoms with E-state index in [1.54, 1.807) is 49.4 Å². The summed E-state index contributed by atoms with van der Waals surface area (Å²) in [5.74, 6) is -0.857. The molecule has 0 aliphatic rings. The predicted molar refractivity (Wildman–Crippen MR) is 106 cm³/mol. The second-order valence-electron chi connectivity index (χ2n) is 5.78. The van der Waals surface area contributed by atoms with Crippen molar-refractivity contribution in [2.75, 3.05) is 10.6 Å². The van der Waals surface area contributed by atoms with E-state index < -0.39 is 5.91 Å². The zero-order valence-corrected chi connectivity index (χ0v) is 15.6. The summed E-state index contributed by atoms with van der Waals surface area (Å²) in [6, 6.07) is 13.2. The Labute approximate surface area is 161 Å². The molecule has 0 atom stereocenters. The Bertz CT molecular complexity index is 879. The van der Waals surface area contributed by atoms with Crippen molar-refractivity contribution in [3.8, 4) is 0 Å². The van der Waals surface area contributed by atoms with Crippen LogP contribution >= 0.6 is 11.6 Å². The van der Waals surface area contributed by atoms with Crippen molar-refractivity contribution in [3.63, 3.8) is 0 Å². The smallest absolute Gasteiger partial charge is 0.271 e. The zero-order valence-electron chi connectivity index (χ0n) is 14.9. The first-order valence-electron chi connectivity index (χ1n) is 8.10. The van der Waals surface area contributed by atoms with E-state index in [4.69, 9.17) is 11.6 Å². The monoisotopic (exact) mass is 386 g/mol. The van der Waals surface area contributed by atoms with Crippen molar-refractivity contribution in [1.82, 2.24) is 5.43 Å². The Morgan fingerprint density at radius 1 is 0.963 bits per heavy atom. The first-order valence-corrected chi connectivity index (χ1v) is 8.48. The lowest BCUT2D eigenvalue weighted by Gasteiger charge is -2.07. The fourth-order valence-corrected chi connectivity index (χ4v) is 2.35. The van der Waals surface area contributed by atoms with Crippen molar-refractivity contribution in [2.45, 2.75) is 20.3 Å². The summed E-state index contributed by atoms with van der Waals surface area (Å²) in [5.41, 5.74) is 4.44. The summed E-state index contributed by atoms with van der Waals surface area (Å²) in [4.78, 5) is 35.0. The van der Waals surface area contributed by atoms with E-state index in [0.717, 1.165) is 0 Å². The van der Waals surface area contributed by atoms with E-state index in [2.05, 4.69) is 21.2 Å². The number of nitrogens with one attached hydrogen (secondary N) is 3. The maximum atomic E-state index is 12.1. The molecular weight excluding hydrogens is 368 g/mol. The lowest BCUT2D eigenvalue weighted by molar-refractivity contribution is -0.115. The normalized spacial score (nSPS) is 10.9. The summed E-state index contributed by atoms with van der Waals surface area (Å²) < 4.78 is 0. The van der Waals surface area contributed by atoms with Crippen LogP contribution in [0.4, 0.5) is 11.4 Å². The highest BCUT2D eigenvalue weighted by molar-refractivity contribution is 6.31. The van der Waals surface area contributed by atoms with Gasteiger partial charge in [0, 0.05) is 34.6 Å². The van der Waals surface area contributed by atoms with Crippen molar-refractivity contribution in [3.05, 3.63) is 59.1 Å². The first kappa shape index (κ1) is 20.1. The molecule has 7 nitrogen and oxygen atoms in total. The maximum Gasteiger partial charge on any atom is 0.271 e. The Balaban J connectivity index is 1.86. The van der Waals surface area contributed by atoms with Gasteiger partial charge in [-0.05, 0) is 49.4 Å². The van der Waals surface area contributed by atoms with Gasteiger partial charge in [0.1, 0.15) is 0 Å². The molecule has 0 heterocycles. The second kappa shape index (κ2) is 9.49. The molecule has 0 spiro atoms. The third-order valence-electron chi connectivity index (χ3n) is 3.34. The molecule has 0 aliphatic carbocycles. The molecule has 8 heteroatoms. The lowest BCUT2D eigenvalue weighted by atomic mass is 10.2. The standard InChI is InChI=1S/C19H19ClN4O3/c1-12(23-24-19(27)14-4-3-5-15(20)11-14)10-18(26)22-17-8-6-16(7-9-17)21-13(2)25/h3-9,11H,10H2,1-2H3,(H,21,25)(H,22,26)(H,24,27). The molecule has 3 amide bonds. The minimum atomic E-state index is -0.411. The summed E-state index contributed by atoms with van der Waals surface area (Å²) in [5, 5.41) is 9.74. The number of hydrogen-bond acceptors (Lipinski definition) is 4. The number of anilines is 2. The Morgan fingerprint density at radius 3 is 2.19 bits per heavy atom. The molecule has 0 unspecified atom stereocenters. The van der Waals surface area contributed by atoms with Gasteiger partial charge in [-0.3, -0.25) is 14.4 Å². The fourth-order valence-electron chi connectivity index (χ4n) is 2.16. The topological polar surface area (TPSA) is 99.7 Å². The molecular formula is C19H19ClN4O3. The van der Waals surface area contributed by atoms with Gasteiger partial charge in [-0.2, -0.15) is 5.10 Å². The Morgan fingerprint density at radius 2 is 1.59 bits per heavy atom. The molecule has 0 aromatic heterocycles. The van der Waals surface area contributed by atoms with E-state index in [0.29, 0.717) is 27.7 Å². The molecule has 0 saturated carbocycles. The quantitative estimate of drug-likeness (QED) is 0.523. The third-order valence-corrected chi connectivity index (χ3v) is 3.58. The van der Waals surface area contributed by atoms with Gasteiger partial charge in [0.25, 0.3) is 5.91 Å². The SMILES string of the molecule is CC(=O)Nc1ccc(NC(=O)CC(C)=NNC(=O)c2cccc(Cl)c2)cc1. The molecule has 27 heavy (non-hydrogen) atoms. The van der Waals surface area contributed by atoms with Gasteiger partial charge in [0.15, 0.2) is 0 Å². The van der Waals surface area contributed by atoms with E-state index >= 15 is 0 Å². The van der Waals surface area contributed by atoms with Gasteiger partial charge >= 0.3 is 0 Å². The summed E-state index contributed by atoms with van der Waals surface area (Å²) in [7, 11) is 0. The number of nitrogens with zero attached hydrogens (tertiary/aromatic N) is 1. The van der Waals surface area contributed by atoms with Gasteiger partial charge in [0.2, 0.25) is 11.8 Å². The molecule has 0 bridgehead atoms. The number of carbonyl (C=O) groups excluding carboxylic acids is 3. The molecule has 3 N–H and O–H groups in total. The number of carbonyl (C=O) groups is 3. The second-order valence-corrected chi connectivity index (χ2v) is 6.22. The minimum Gasteiger partial charge on any atom is -0.326 e. The number of hydrazone groups is 1. The predicted octanol–water partition coefficient (Wildman–Crippen LogP) is 3.43. The highest BCUT2D eigenvalue weighted by Gasteiger charge is 2.08. The van der Waals surface area contributed by atoms with Gasteiger partial charge in [-0.1, -0.05) is 17.7 Å². The van der Waals surface area contributed by atoms with Crippen LogP contribution < -0.4 is 16.1 Å². The van der Waals surface area contributed by atoms with Gasteiger partial charge < -0.3 is 10.6 Å². The molecule has 0 fully saturated rings. The van der Waals surface area contributed by atoms with Crippen LogP contribution in [0.2, 0.25) is 5.02 Å². The minimum absolute atomic E-state index is 0.0171. The molecule has 2 aromatic rings. The maximum absolute atomic E-state index is 12.1. The molecule has 0 aliphatic heterocycles. The first-order chi connectivity index (χ1) is 12.8. The van der Waals surface area contributed by atoms with Crippen molar-refractivity contribution < 1.29 is 14.4 Å². The van der Waals surface area contributed by atoms with E-state index in [1.165, 1.54) is 13.0 Å². The third kappa shape index (κ3) is 6.91. The number of benzene rings is 2. The van der Waals surface area contributed by atoms with Crippen LogP contribution in [-0.4, -0.2) is 23.4 Å². The number of hydrogen-bond donors (Lipinski definition) is 3. The molecule has 140 valence electrons. The summed E-state index contributed by atoms with van der Waals surface area (Å²) in [6.07, 6.45) is 0.0171. The van der Waals surface area contributed by atoms with Crippen LogP contribution in [0.1, 0.15) is 30.6 Å². The van der Waals surface area contributed by atoms with Crippen LogP contribution in [0.5, 0.6) is 0 Å². The number of amides is 3. The van der Waals surface area contributed by atoms with Crippen LogP contribution in [0.15, 0.2) is 53.6 Å². The van der Waals surface area contributed by atoms with Crippen LogP contribution in [0, 0.1) is 0 Å². The largest absolute Gasteiger partial charge is 0.326 e.